The summed E-state index contributed by atoms with van der Waals surface area (Å²) in [6.07, 6.45) is 1.75. The molecule has 1 aliphatic rings. The quantitative estimate of drug-likeness (QED) is 0.781. The molecule has 1 saturated heterocycles. The van der Waals surface area contributed by atoms with Crippen LogP contribution >= 0.6 is 0 Å². The topological polar surface area (TPSA) is 49.0 Å². The maximum Gasteiger partial charge on any atom is 0.345 e. The number of likely N-dealkylation sites (tertiary alicyclic amines) is 1. The summed E-state index contributed by atoms with van der Waals surface area (Å²) in [5.74, 6) is 0. The van der Waals surface area contributed by atoms with Crippen molar-refractivity contribution < 1.29 is 4.39 Å². The number of nitrogens with zero attached hydrogens (tertiary/aromatic N) is 2. The van der Waals surface area contributed by atoms with Crippen LogP contribution in [-0.4, -0.2) is 40.7 Å². The second-order valence-corrected chi connectivity index (χ2v) is 3.95. The van der Waals surface area contributed by atoms with Gasteiger partial charge in [0.15, 0.2) is 0 Å². The van der Waals surface area contributed by atoms with E-state index in [1.807, 2.05) is 6.92 Å². The van der Waals surface area contributed by atoms with E-state index in [0.29, 0.717) is 13.1 Å². The van der Waals surface area contributed by atoms with E-state index in [4.69, 9.17) is 0 Å². The molecule has 0 radical (unpaired) electrons. The van der Waals surface area contributed by atoms with Crippen molar-refractivity contribution in [2.24, 2.45) is 0 Å². The van der Waals surface area contributed by atoms with Crippen molar-refractivity contribution >= 4 is 0 Å². The molecule has 0 spiro atoms. The fourth-order valence-electron chi connectivity index (χ4n) is 1.73. The first kappa shape index (κ1) is 10.3. The van der Waals surface area contributed by atoms with E-state index in [9.17, 15) is 9.18 Å². The minimum Gasteiger partial charge on any atom is -0.310 e. The van der Waals surface area contributed by atoms with Crippen LogP contribution in [0.5, 0.6) is 0 Å². The molecule has 1 N–H and O–H groups in total. The van der Waals surface area contributed by atoms with Gasteiger partial charge in [0.1, 0.15) is 6.17 Å². The molecule has 82 valence electrons. The van der Waals surface area contributed by atoms with Gasteiger partial charge >= 0.3 is 5.69 Å². The Morgan fingerprint density at radius 2 is 2.40 bits per heavy atom. The Hall–Kier alpha value is -1.23. The molecule has 0 amide bonds. The zero-order valence-corrected chi connectivity index (χ0v) is 8.66. The van der Waals surface area contributed by atoms with Gasteiger partial charge in [-0.05, 0) is 18.9 Å². The molecule has 1 fully saturated rings. The SMILES string of the molecule is Cc1[nH]c(=O)ncc1CCN1CC(F)C1. The van der Waals surface area contributed by atoms with Gasteiger partial charge in [0, 0.05) is 31.5 Å². The Kier molecular flexibility index (Phi) is 2.81. The Morgan fingerprint density at radius 3 is 3.00 bits per heavy atom. The second kappa shape index (κ2) is 4.10. The second-order valence-electron chi connectivity index (χ2n) is 3.95. The Balaban J connectivity index is 1.91. The van der Waals surface area contributed by atoms with Gasteiger partial charge in [-0.3, -0.25) is 4.90 Å². The lowest BCUT2D eigenvalue weighted by molar-refractivity contribution is 0.0670. The lowest BCUT2D eigenvalue weighted by atomic mass is 10.1. The number of aromatic nitrogens is 2. The van der Waals surface area contributed by atoms with E-state index in [1.54, 1.807) is 6.20 Å². The molecule has 0 aliphatic carbocycles. The maximum atomic E-state index is 12.5. The molecule has 1 aromatic heterocycles. The number of rotatable bonds is 3. The highest BCUT2D eigenvalue weighted by Crippen LogP contribution is 2.12. The third-order valence-electron chi connectivity index (χ3n) is 2.72. The first-order valence-corrected chi connectivity index (χ1v) is 5.06. The van der Waals surface area contributed by atoms with Gasteiger partial charge in [0.25, 0.3) is 0 Å². The molecule has 2 rings (SSSR count). The van der Waals surface area contributed by atoms with Crippen molar-refractivity contribution in [1.82, 2.24) is 14.9 Å². The Morgan fingerprint density at radius 1 is 1.67 bits per heavy atom. The van der Waals surface area contributed by atoms with Crippen LogP contribution in [0, 0.1) is 6.92 Å². The summed E-state index contributed by atoms with van der Waals surface area (Å²) in [4.78, 5) is 19.2. The predicted octanol–water partition coefficient (Wildman–Crippen LogP) is 0.275. The minimum atomic E-state index is -0.653. The molecule has 0 aromatic carbocycles. The summed E-state index contributed by atoms with van der Waals surface area (Å²) in [5.41, 5.74) is 1.56. The number of nitrogens with one attached hydrogen (secondary N) is 1. The van der Waals surface area contributed by atoms with Crippen molar-refractivity contribution in [3.63, 3.8) is 0 Å². The van der Waals surface area contributed by atoms with Crippen molar-refractivity contribution in [3.05, 3.63) is 27.9 Å². The molecular weight excluding hydrogens is 197 g/mol. The highest BCUT2D eigenvalue weighted by Gasteiger charge is 2.25. The standard InChI is InChI=1S/C10H14FN3O/c1-7-8(4-12-10(15)13-7)2-3-14-5-9(11)6-14/h4,9H,2-3,5-6H2,1H3,(H,12,13,15). The molecular formula is C10H14FN3O. The van der Waals surface area contributed by atoms with Gasteiger partial charge in [0.05, 0.1) is 0 Å². The normalized spacial score (nSPS) is 17.7. The highest BCUT2D eigenvalue weighted by atomic mass is 19.1. The molecule has 0 saturated carbocycles. The van der Waals surface area contributed by atoms with Crippen LogP contribution in [0.4, 0.5) is 4.39 Å². The zero-order chi connectivity index (χ0) is 10.8. The summed E-state index contributed by atoms with van der Waals surface area (Å²) < 4.78 is 12.5. The van der Waals surface area contributed by atoms with E-state index in [-0.39, 0.29) is 5.69 Å². The van der Waals surface area contributed by atoms with Crippen LogP contribution in [0.1, 0.15) is 11.3 Å². The van der Waals surface area contributed by atoms with E-state index >= 15 is 0 Å². The number of hydrogen-bond donors (Lipinski definition) is 1. The van der Waals surface area contributed by atoms with E-state index < -0.39 is 6.17 Å². The van der Waals surface area contributed by atoms with Gasteiger partial charge in [-0.2, -0.15) is 0 Å². The summed E-state index contributed by atoms with van der Waals surface area (Å²) in [5, 5.41) is 0. The highest BCUT2D eigenvalue weighted by molar-refractivity contribution is 5.14. The molecule has 0 atom stereocenters. The lowest BCUT2D eigenvalue weighted by Crippen LogP contribution is -2.49. The van der Waals surface area contributed by atoms with Crippen LogP contribution in [0.3, 0.4) is 0 Å². The summed E-state index contributed by atoms with van der Waals surface area (Å²) in [7, 11) is 0. The molecule has 15 heavy (non-hydrogen) atoms. The van der Waals surface area contributed by atoms with E-state index in [0.717, 1.165) is 24.2 Å². The van der Waals surface area contributed by atoms with Gasteiger partial charge in [-0.15, -0.1) is 0 Å². The lowest BCUT2D eigenvalue weighted by Gasteiger charge is -2.34. The van der Waals surface area contributed by atoms with Crippen LogP contribution in [-0.2, 0) is 6.42 Å². The average molecular weight is 211 g/mol. The van der Waals surface area contributed by atoms with Crippen molar-refractivity contribution in [2.75, 3.05) is 19.6 Å². The van der Waals surface area contributed by atoms with E-state index in [1.165, 1.54) is 0 Å². The van der Waals surface area contributed by atoms with Gasteiger partial charge in [-0.25, -0.2) is 14.2 Å². The third kappa shape index (κ3) is 2.41. The van der Waals surface area contributed by atoms with Crippen LogP contribution in [0.25, 0.3) is 0 Å². The van der Waals surface area contributed by atoms with Crippen LogP contribution in [0.2, 0.25) is 0 Å². The molecule has 1 aliphatic heterocycles. The molecule has 5 heteroatoms. The van der Waals surface area contributed by atoms with Crippen LogP contribution in [0.15, 0.2) is 11.0 Å². The number of alkyl halides is 1. The number of hydrogen-bond acceptors (Lipinski definition) is 3. The largest absolute Gasteiger partial charge is 0.345 e. The maximum absolute atomic E-state index is 12.5. The smallest absolute Gasteiger partial charge is 0.310 e. The van der Waals surface area contributed by atoms with Gasteiger partial charge in [-0.1, -0.05) is 0 Å². The van der Waals surface area contributed by atoms with Crippen molar-refractivity contribution in [3.8, 4) is 0 Å². The molecule has 2 heterocycles. The minimum absolute atomic E-state index is 0.316. The van der Waals surface area contributed by atoms with Crippen molar-refractivity contribution in [2.45, 2.75) is 19.5 Å². The molecule has 1 aromatic rings. The summed E-state index contributed by atoms with van der Waals surface area (Å²) in [6.45, 7) is 3.76. The first-order valence-electron chi connectivity index (χ1n) is 5.06. The fourth-order valence-corrected chi connectivity index (χ4v) is 1.73. The van der Waals surface area contributed by atoms with E-state index in [2.05, 4.69) is 14.9 Å². The first-order chi connectivity index (χ1) is 7.15. The molecule has 0 unspecified atom stereocenters. The molecule has 0 bridgehead atoms. The average Bonchev–Trinajstić information content (AvgIpc) is 2.13. The predicted molar refractivity (Wildman–Crippen MR) is 54.6 cm³/mol. The fraction of sp³-hybridized carbons (Fsp3) is 0.600. The number of H-pyrrole nitrogens is 1. The monoisotopic (exact) mass is 211 g/mol. The molecule has 4 nitrogen and oxygen atoms in total. The number of aryl methyl sites for hydroxylation is 1. The third-order valence-corrected chi connectivity index (χ3v) is 2.72. The Labute approximate surface area is 87.1 Å². The van der Waals surface area contributed by atoms with Crippen LogP contribution < -0.4 is 5.69 Å². The van der Waals surface area contributed by atoms with Gasteiger partial charge < -0.3 is 4.98 Å². The van der Waals surface area contributed by atoms with Crippen molar-refractivity contribution in [1.29, 1.82) is 0 Å². The number of aromatic amines is 1. The summed E-state index contributed by atoms with van der Waals surface area (Å²) in [6, 6.07) is 0. The van der Waals surface area contributed by atoms with Gasteiger partial charge in [0.2, 0.25) is 0 Å². The Bertz CT molecular complexity index is 398. The number of halogens is 1. The zero-order valence-electron chi connectivity index (χ0n) is 8.66. The summed E-state index contributed by atoms with van der Waals surface area (Å²) >= 11 is 0.